The number of thiophene rings is 1. The van der Waals surface area contributed by atoms with Crippen molar-refractivity contribution >= 4 is 11.3 Å². The Balaban J connectivity index is 2.29. The summed E-state index contributed by atoms with van der Waals surface area (Å²) in [6, 6.07) is 8.71. The van der Waals surface area contributed by atoms with Gasteiger partial charge in [0.15, 0.2) is 0 Å². The molecule has 1 atom stereocenters. The van der Waals surface area contributed by atoms with Crippen molar-refractivity contribution in [2.75, 3.05) is 13.7 Å². The van der Waals surface area contributed by atoms with Crippen molar-refractivity contribution in [3.8, 4) is 5.75 Å². The van der Waals surface area contributed by atoms with Crippen molar-refractivity contribution in [1.29, 1.82) is 0 Å². The SMILES string of the molecule is CCNC(c1ccc(F)cc1)c1cc(OC)cs1. The minimum absolute atomic E-state index is 0.0875. The van der Waals surface area contributed by atoms with Crippen LogP contribution in [0.1, 0.15) is 23.4 Å². The number of hydrogen-bond donors (Lipinski definition) is 1. The predicted octanol–water partition coefficient (Wildman–Crippen LogP) is 3.59. The summed E-state index contributed by atoms with van der Waals surface area (Å²) in [5.74, 6) is 0.651. The molecule has 1 N–H and O–H groups in total. The highest BCUT2D eigenvalue weighted by molar-refractivity contribution is 7.10. The van der Waals surface area contributed by atoms with Gasteiger partial charge in [-0.15, -0.1) is 11.3 Å². The van der Waals surface area contributed by atoms with Crippen LogP contribution in [0.15, 0.2) is 35.7 Å². The van der Waals surface area contributed by atoms with Crippen molar-refractivity contribution in [3.05, 3.63) is 52.0 Å². The molecule has 1 aromatic carbocycles. The minimum Gasteiger partial charge on any atom is -0.496 e. The summed E-state index contributed by atoms with van der Waals surface area (Å²) in [5.41, 5.74) is 1.06. The average Bonchev–Trinajstić information content (AvgIpc) is 2.86. The molecule has 96 valence electrons. The van der Waals surface area contributed by atoms with Crippen LogP contribution in [0.5, 0.6) is 5.75 Å². The molecular weight excluding hydrogens is 249 g/mol. The molecule has 0 saturated heterocycles. The van der Waals surface area contributed by atoms with E-state index < -0.39 is 0 Å². The van der Waals surface area contributed by atoms with Crippen LogP contribution in [0.25, 0.3) is 0 Å². The van der Waals surface area contributed by atoms with Gasteiger partial charge in [-0.3, -0.25) is 0 Å². The van der Waals surface area contributed by atoms with Crippen LogP contribution in [0.2, 0.25) is 0 Å². The van der Waals surface area contributed by atoms with Crippen molar-refractivity contribution in [2.45, 2.75) is 13.0 Å². The fourth-order valence-electron chi connectivity index (χ4n) is 1.83. The molecule has 0 radical (unpaired) electrons. The molecule has 0 spiro atoms. The molecular formula is C14H16FNOS. The fraction of sp³-hybridized carbons (Fsp3) is 0.286. The van der Waals surface area contributed by atoms with Crippen molar-refractivity contribution in [3.63, 3.8) is 0 Å². The van der Waals surface area contributed by atoms with Crippen LogP contribution in [-0.4, -0.2) is 13.7 Å². The quantitative estimate of drug-likeness (QED) is 0.892. The van der Waals surface area contributed by atoms with Gasteiger partial charge in [0.1, 0.15) is 11.6 Å². The van der Waals surface area contributed by atoms with E-state index in [-0.39, 0.29) is 11.9 Å². The first-order chi connectivity index (χ1) is 8.74. The third kappa shape index (κ3) is 2.89. The molecule has 0 amide bonds. The van der Waals surface area contributed by atoms with Gasteiger partial charge in [-0.2, -0.15) is 0 Å². The van der Waals surface area contributed by atoms with Gasteiger partial charge in [0.25, 0.3) is 0 Å². The Morgan fingerprint density at radius 2 is 2.06 bits per heavy atom. The number of hydrogen-bond acceptors (Lipinski definition) is 3. The van der Waals surface area contributed by atoms with Crippen molar-refractivity contribution in [1.82, 2.24) is 5.32 Å². The Hall–Kier alpha value is -1.39. The molecule has 18 heavy (non-hydrogen) atoms. The summed E-state index contributed by atoms with van der Waals surface area (Å²) in [6.45, 7) is 2.91. The molecule has 0 saturated carbocycles. The Bertz CT molecular complexity index is 495. The van der Waals surface area contributed by atoms with E-state index in [1.54, 1.807) is 18.4 Å². The third-order valence-corrected chi connectivity index (χ3v) is 3.70. The number of ether oxygens (including phenoxy) is 1. The summed E-state index contributed by atoms with van der Waals surface area (Å²) in [4.78, 5) is 1.17. The second-order valence-electron chi connectivity index (χ2n) is 3.93. The largest absolute Gasteiger partial charge is 0.496 e. The van der Waals surface area contributed by atoms with Gasteiger partial charge in [-0.05, 0) is 30.3 Å². The molecule has 2 nitrogen and oxygen atoms in total. The van der Waals surface area contributed by atoms with Gasteiger partial charge >= 0.3 is 0 Å². The molecule has 2 rings (SSSR count). The number of halogens is 1. The lowest BCUT2D eigenvalue weighted by molar-refractivity contribution is 0.416. The van der Waals surface area contributed by atoms with Gasteiger partial charge in [0.2, 0.25) is 0 Å². The van der Waals surface area contributed by atoms with E-state index in [1.807, 2.05) is 23.6 Å². The standard InChI is InChI=1S/C14H16FNOS/c1-3-16-14(10-4-6-11(15)7-5-10)13-8-12(17-2)9-18-13/h4-9,14,16H,3H2,1-2H3. The fourth-order valence-corrected chi connectivity index (χ4v) is 2.79. The molecule has 1 heterocycles. The average molecular weight is 265 g/mol. The van der Waals surface area contributed by atoms with Crippen LogP contribution < -0.4 is 10.1 Å². The van der Waals surface area contributed by atoms with Crippen molar-refractivity contribution < 1.29 is 9.13 Å². The van der Waals surface area contributed by atoms with Gasteiger partial charge in [-0.1, -0.05) is 19.1 Å². The van der Waals surface area contributed by atoms with Gasteiger partial charge in [-0.25, -0.2) is 4.39 Å². The van der Waals surface area contributed by atoms with E-state index in [9.17, 15) is 4.39 Å². The van der Waals surface area contributed by atoms with Crippen molar-refractivity contribution in [2.24, 2.45) is 0 Å². The Morgan fingerprint density at radius 3 is 2.61 bits per heavy atom. The maximum atomic E-state index is 13.0. The Morgan fingerprint density at radius 1 is 1.33 bits per heavy atom. The van der Waals surface area contributed by atoms with Gasteiger partial charge in [0.05, 0.1) is 13.2 Å². The first-order valence-electron chi connectivity index (χ1n) is 5.86. The molecule has 0 aliphatic carbocycles. The third-order valence-electron chi connectivity index (χ3n) is 2.73. The molecule has 0 bridgehead atoms. The van der Waals surface area contributed by atoms with E-state index in [1.165, 1.54) is 17.0 Å². The van der Waals surface area contributed by atoms with Crippen LogP contribution in [-0.2, 0) is 0 Å². The summed E-state index contributed by atoms with van der Waals surface area (Å²) in [6.07, 6.45) is 0. The highest BCUT2D eigenvalue weighted by atomic mass is 32.1. The van der Waals surface area contributed by atoms with Gasteiger partial charge in [0, 0.05) is 10.3 Å². The second kappa shape index (κ2) is 5.98. The van der Waals surface area contributed by atoms with Crippen LogP contribution in [0.3, 0.4) is 0 Å². The zero-order valence-corrected chi connectivity index (χ0v) is 11.3. The smallest absolute Gasteiger partial charge is 0.129 e. The van der Waals surface area contributed by atoms with E-state index in [0.29, 0.717) is 0 Å². The monoisotopic (exact) mass is 265 g/mol. The predicted molar refractivity (Wildman–Crippen MR) is 72.8 cm³/mol. The number of benzene rings is 1. The summed E-state index contributed by atoms with van der Waals surface area (Å²) >= 11 is 1.64. The first kappa shape index (κ1) is 13.1. The number of methoxy groups -OCH3 is 1. The van der Waals surface area contributed by atoms with Gasteiger partial charge < -0.3 is 10.1 Å². The first-order valence-corrected chi connectivity index (χ1v) is 6.73. The molecule has 1 unspecified atom stereocenters. The number of rotatable bonds is 5. The van der Waals surface area contributed by atoms with Crippen LogP contribution in [0.4, 0.5) is 4.39 Å². The molecule has 0 aliphatic heterocycles. The lowest BCUT2D eigenvalue weighted by Crippen LogP contribution is -2.21. The highest BCUT2D eigenvalue weighted by Crippen LogP contribution is 2.31. The van der Waals surface area contributed by atoms with E-state index >= 15 is 0 Å². The molecule has 1 aromatic heterocycles. The minimum atomic E-state index is -0.210. The van der Waals surface area contributed by atoms with Crippen LogP contribution in [0, 0.1) is 5.82 Å². The number of nitrogens with one attached hydrogen (secondary N) is 1. The van der Waals surface area contributed by atoms with E-state index in [4.69, 9.17) is 4.74 Å². The maximum Gasteiger partial charge on any atom is 0.129 e. The summed E-state index contributed by atoms with van der Waals surface area (Å²) in [7, 11) is 1.66. The zero-order valence-electron chi connectivity index (χ0n) is 10.4. The summed E-state index contributed by atoms with van der Waals surface area (Å²) in [5, 5.41) is 5.38. The zero-order chi connectivity index (χ0) is 13.0. The van der Waals surface area contributed by atoms with E-state index in [0.717, 1.165) is 17.9 Å². The topological polar surface area (TPSA) is 21.3 Å². The molecule has 4 heteroatoms. The Labute approximate surface area is 110 Å². The lowest BCUT2D eigenvalue weighted by Gasteiger charge is -2.16. The molecule has 0 fully saturated rings. The molecule has 2 aromatic rings. The lowest BCUT2D eigenvalue weighted by atomic mass is 10.1. The maximum absolute atomic E-state index is 13.0. The van der Waals surface area contributed by atoms with E-state index in [2.05, 4.69) is 12.2 Å². The Kier molecular flexibility index (Phi) is 4.33. The summed E-state index contributed by atoms with van der Waals surface area (Å²) < 4.78 is 18.2. The second-order valence-corrected chi connectivity index (χ2v) is 4.87. The molecule has 0 aliphatic rings. The highest BCUT2D eigenvalue weighted by Gasteiger charge is 2.15. The normalized spacial score (nSPS) is 12.4. The van der Waals surface area contributed by atoms with Crippen LogP contribution >= 0.6 is 11.3 Å².